The zero-order valence-corrected chi connectivity index (χ0v) is 6.39. The van der Waals surface area contributed by atoms with Gasteiger partial charge in [-0.2, -0.15) is 5.26 Å². The Kier molecular flexibility index (Phi) is 7.63. The van der Waals surface area contributed by atoms with Crippen LogP contribution in [0.25, 0.3) is 0 Å². The lowest BCUT2D eigenvalue weighted by Gasteiger charge is -1.97. The van der Waals surface area contributed by atoms with Gasteiger partial charge in [-0.05, 0) is 19.3 Å². The van der Waals surface area contributed by atoms with Crippen LogP contribution in [0.5, 0.6) is 0 Å². The highest BCUT2D eigenvalue weighted by molar-refractivity contribution is 4.63. The van der Waals surface area contributed by atoms with Crippen LogP contribution in [0.15, 0.2) is 0 Å². The summed E-state index contributed by atoms with van der Waals surface area (Å²) in [7, 11) is 1.70. The third-order valence-corrected chi connectivity index (χ3v) is 1.23. The number of methoxy groups -OCH3 is 1. The van der Waals surface area contributed by atoms with Gasteiger partial charge in [0, 0.05) is 20.3 Å². The van der Waals surface area contributed by atoms with Crippen LogP contribution < -0.4 is 5.32 Å². The molecule has 0 saturated carbocycles. The molecule has 0 aliphatic heterocycles. The van der Waals surface area contributed by atoms with E-state index in [-0.39, 0.29) is 0 Å². The van der Waals surface area contributed by atoms with Crippen LogP contribution in [0.3, 0.4) is 0 Å². The van der Waals surface area contributed by atoms with Gasteiger partial charge >= 0.3 is 0 Å². The maximum absolute atomic E-state index is 8.08. The summed E-state index contributed by atoms with van der Waals surface area (Å²) in [5, 5.41) is 10.7. The molecule has 0 amide bonds. The van der Waals surface area contributed by atoms with E-state index in [0.29, 0.717) is 0 Å². The molecule has 0 aromatic rings. The molecule has 0 spiro atoms. The van der Waals surface area contributed by atoms with Crippen molar-refractivity contribution < 1.29 is 4.74 Å². The molecule has 0 bridgehead atoms. The first kappa shape index (κ1) is 9.25. The first-order valence-corrected chi connectivity index (χ1v) is 3.52. The van der Waals surface area contributed by atoms with Crippen LogP contribution >= 0.6 is 0 Å². The maximum atomic E-state index is 8.08. The molecule has 0 rings (SSSR count). The SMILES string of the molecule is COCCCCCNC#N. The van der Waals surface area contributed by atoms with Crippen molar-refractivity contribution in [3.63, 3.8) is 0 Å². The Morgan fingerprint density at radius 1 is 1.40 bits per heavy atom. The molecule has 0 heterocycles. The summed E-state index contributed by atoms with van der Waals surface area (Å²) < 4.78 is 4.86. The first-order valence-electron chi connectivity index (χ1n) is 3.52. The van der Waals surface area contributed by atoms with E-state index < -0.39 is 0 Å². The van der Waals surface area contributed by atoms with E-state index in [9.17, 15) is 0 Å². The molecular weight excluding hydrogens is 128 g/mol. The number of hydrogen-bond acceptors (Lipinski definition) is 3. The average Bonchev–Trinajstić information content (AvgIpc) is 1.97. The number of unbranched alkanes of at least 4 members (excludes halogenated alkanes) is 2. The number of ether oxygens (including phenoxy) is 1. The Morgan fingerprint density at radius 2 is 2.20 bits per heavy atom. The zero-order chi connectivity index (χ0) is 7.66. The lowest BCUT2D eigenvalue weighted by molar-refractivity contribution is 0.192. The molecule has 0 fully saturated rings. The number of nitriles is 1. The van der Waals surface area contributed by atoms with Crippen LogP contribution in [0.2, 0.25) is 0 Å². The first-order chi connectivity index (χ1) is 4.91. The second-order valence-electron chi connectivity index (χ2n) is 2.09. The molecule has 0 aliphatic rings. The second-order valence-corrected chi connectivity index (χ2v) is 2.09. The quantitative estimate of drug-likeness (QED) is 0.340. The topological polar surface area (TPSA) is 45.0 Å². The summed E-state index contributed by atoms with van der Waals surface area (Å²) in [6.45, 7) is 1.62. The van der Waals surface area contributed by atoms with Gasteiger partial charge in [0.15, 0.2) is 6.19 Å². The minimum Gasteiger partial charge on any atom is -0.385 e. The highest BCUT2D eigenvalue weighted by Crippen LogP contribution is 1.92. The van der Waals surface area contributed by atoms with Crippen molar-refractivity contribution >= 4 is 0 Å². The summed E-state index contributed by atoms with van der Waals surface area (Å²) in [5.74, 6) is 0. The minimum absolute atomic E-state index is 0.792. The summed E-state index contributed by atoms with van der Waals surface area (Å²) >= 11 is 0. The van der Waals surface area contributed by atoms with Gasteiger partial charge in [0.2, 0.25) is 0 Å². The smallest absolute Gasteiger partial charge is 0.176 e. The number of nitrogens with one attached hydrogen (secondary N) is 1. The van der Waals surface area contributed by atoms with Crippen molar-refractivity contribution in [1.29, 1.82) is 5.26 Å². The number of hydrogen-bond donors (Lipinski definition) is 1. The molecule has 0 saturated heterocycles. The van der Waals surface area contributed by atoms with Crippen LogP contribution in [-0.4, -0.2) is 20.3 Å². The van der Waals surface area contributed by atoms with Gasteiger partial charge in [-0.1, -0.05) is 0 Å². The van der Waals surface area contributed by atoms with E-state index in [0.717, 1.165) is 32.4 Å². The van der Waals surface area contributed by atoms with Crippen LogP contribution in [-0.2, 0) is 4.74 Å². The van der Waals surface area contributed by atoms with Gasteiger partial charge in [0.05, 0.1) is 0 Å². The van der Waals surface area contributed by atoms with Crippen LogP contribution in [0.1, 0.15) is 19.3 Å². The predicted molar refractivity (Wildman–Crippen MR) is 39.3 cm³/mol. The standard InChI is InChI=1S/C7H14N2O/c1-10-6-4-2-3-5-9-7-8/h9H,2-6H2,1H3. The van der Waals surface area contributed by atoms with Gasteiger partial charge in [-0.15, -0.1) is 0 Å². The Balaban J connectivity index is 2.72. The molecule has 3 heteroatoms. The highest BCUT2D eigenvalue weighted by Gasteiger charge is 1.86. The molecule has 0 aromatic heterocycles. The van der Waals surface area contributed by atoms with E-state index in [1.54, 1.807) is 7.11 Å². The molecule has 0 aliphatic carbocycles. The summed E-state index contributed by atoms with van der Waals surface area (Å²) in [6, 6.07) is 0. The molecule has 0 radical (unpaired) electrons. The second kappa shape index (κ2) is 8.25. The lowest BCUT2D eigenvalue weighted by atomic mass is 10.2. The fraction of sp³-hybridized carbons (Fsp3) is 0.857. The van der Waals surface area contributed by atoms with Crippen molar-refractivity contribution in [1.82, 2.24) is 5.32 Å². The molecule has 0 atom stereocenters. The molecule has 58 valence electrons. The Labute approximate surface area is 62.0 Å². The van der Waals surface area contributed by atoms with E-state index in [1.807, 2.05) is 6.19 Å². The monoisotopic (exact) mass is 142 g/mol. The molecule has 1 N–H and O–H groups in total. The highest BCUT2D eigenvalue weighted by atomic mass is 16.5. The van der Waals surface area contributed by atoms with Gasteiger partial charge in [0.25, 0.3) is 0 Å². The Bertz CT molecular complexity index is 98.3. The summed E-state index contributed by atoms with van der Waals surface area (Å²) in [6.07, 6.45) is 5.14. The van der Waals surface area contributed by atoms with Gasteiger partial charge in [-0.3, -0.25) is 0 Å². The summed E-state index contributed by atoms with van der Waals surface area (Å²) in [4.78, 5) is 0. The third-order valence-electron chi connectivity index (χ3n) is 1.23. The molecule has 3 nitrogen and oxygen atoms in total. The van der Waals surface area contributed by atoms with E-state index in [4.69, 9.17) is 10.00 Å². The largest absolute Gasteiger partial charge is 0.385 e. The van der Waals surface area contributed by atoms with Crippen molar-refractivity contribution in [2.45, 2.75) is 19.3 Å². The van der Waals surface area contributed by atoms with Crippen molar-refractivity contribution in [3.05, 3.63) is 0 Å². The number of rotatable bonds is 6. The van der Waals surface area contributed by atoms with E-state index >= 15 is 0 Å². The number of nitrogens with zero attached hydrogens (tertiary/aromatic N) is 1. The van der Waals surface area contributed by atoms with Gasteiger partial charge < -0.3 is 10.1 Å². The van der Waals surface area contributed by atoms with E-state index in [2.05, 4.69) is 5.32 Å². The third kappa shape index (κ3) is 7.25. The molecule has 0 unspecified atom stereocenters. The zero-order valence-electron chi connectivity index (χ0n) is 6.39. The Hall–Kier alpha value is -0.750. The molecular formula is C7H14N2O. The summed E-state index contributed by atoms with van der Waals surface area (Å²) in [5.41, 5.74) is 0. The average molecular weight is 142 g/mol. The Morgan fingerprint density at radius 3 is 2.80 bits per heavy atom. The van der Waals surface area contributed by atoms with Crippen LogP contribution in [0.4, 0.5) is 0 Å². The fourth-order valence-corrected chi connectivity index (χ4v) is 0.692. The van der Waals surface area contributed by atoms with Crippen LogP contribution in [0, 0.1) is 11.5 Å². The van der Waals surface area contributed by atoms with Gasteiger partial charge in [-0.25, -0.2) is 0 Å². The van der Waals surface area contributed by atoms with Crippen molar-refractivity contribution in [3.8, 4) is 6.19 Å². The molecule has 10 heavy (non-hydrogen) atoms. The maximum Gasteiger partial charge on any atom is 0.176 e. The predicted octanol–water partition coefficient (Wildman–Crippen LogP) is 0.874. The minimum atomic E-state index is 0.792. The normalized spacial score (nSPS) is 8.80. The van der Waals surface area contributed by atoms with E-state index in [1.165, 1.54) is 0 Å². The van der Waals surface area contributed by atoms with Gasteiger partial charge in [0.1, 0.15) is 0 Å². The molecule has 0 aromatic carbocycles. The van der Waals surface area contributed by atoms with Crippen molar-refractivity contribution in [2.75, 3.05) is 20.3 Å². The fourth-order valence-electron chi connectivity index (χ4n) is 0.692. The lowest BCUT2D eigenvalue weighted by Crippen LogP contribution is -2.06. The van der Waals surface area contributed by atoms with Crippen molar-refractivity contribution in [2.24, 2.45) is 0 Å².